The van der Waals surface area contributed by atoms with Crippen molar-refractivity contribution in [2.75, 3.05) is 13.7 Å². The van der Waals surface area contributed by atoms with Crippen LogP contribution in [0.3, 0.4) is 0 Å². The standard InChI is InChI=1S/C19H18N6O4/c1-28-19(27)13-10-25(22-21-13)17-16-18(26)23(9-12-5-4-8-29-12)14-6-2-3-7-15(14)24(16)11-20-17/h2-3,6-7,10-12H,4-5,8-9H2,1H3. The number of methoxy groups -OCH3 is 1. The second-order valence-electron chi connectivity index (χ2n) is 6.87. The van der Waals surface area contributed by atoms with Gasteiger partial charge in [0.05, 0.1) is 37.0 Å². The Hall–Kier alpha value is -3.53. The smallest absolute Gasteiger partial charge is 0.360 e. The maximum atomic E-state index is 13.5. The number of hydrogen-bond acceptors (Lipinski definition) is 7. The largest absolute Gasteiger partial charge is 0.464 e. The van der Waals surface area contributed by atoms with Crippen molar-refractivity contribution in [3.8, 4) is 5.82 Å². The molecule has 10 nitrogen and oxygen atoms in total. The molecule has 0 spiro atoms. The molecule has 0 radical (unpaired) electrons. The highest BCUT2D eigenvalue weighted by Crippen LogP contribution is 2.21. The summed E-state index contributed by atoms with van der Waals surface area (Å²) in [6.07, 6.45) is 4.88. The lowest BCUT2D eigenvalue weighted by Gasteiger charge is -2.16. The van der Waals surface area contributed by atoms with Gasteiger partial charge in [-0.25, -0.2) is 9.78 Å². The number of rotatable bonds is 4. The van der Waals surface area contributed by atoms with Crippen LogP contribution in [-0.2, 0) is 16.0 Å². The highest BCUT2D eigenvalue weighted by Gasteiger charge is 2.22. The Morgan fingerprint density at radius 1 is 1.31 bits per heavy atom. The zero-order valence-electron chi connectivity index (χ0n) is 15.7. The zero-order chi connectivity index (χ0) is 20.0. The first-order chi connectivity index (χ1) is 14.2. The number of carbonyl (C=O) groups is 1. The molecule has 1 atom stereocenters. The van der Waals surface area contributed by atoms with Gasteiger partial charge in [0.25, 0.3) is 5.56 Å². The van der Waals surface area contributed by atoms with Crippen LogP contribution in [0.2, 0.25) is 0 Å². The summed E-state index contributed by atoms with van der Waals surface area (Å²) in [6.45, 7) is 1.18. The minimum Gasteiger partial charge on any atom is -0.464 e. The number of aromatic nitrogens is 6. The lowest BCUT2D eigenvalue weighted by atomic mass is 10.2. The van der Waals surface area contributed by atoms with Crippen LogP contribution in [0.4, 0.5) is 0 Å². The molecular formula is C19H18N6O4. The molecule has 1 saturated heterocycles. The molecule has 0 amide bonds. The number of imidazole rings is 1. The number of esters is 1. The molecule has 1 aliphatic rings. The highest BCUT2D eigenvalue weighted by molar-refractivity contribution is 5.87. The van der Waals surface area contributed by atoms with E-state index in [0.717, 1.165) is 23.9 Å². The van der Waals surface area contributed by atoms with Gasteiger partial charge in [0.1, 0.15) is 6.33 Å². The predicted octanol–water partition coefficient (Wildman–Crippen LogP) is 1.20. The van der Waals surface area contributed by atoms with Gasteiger partial charge in [-0.3, -0.25) is 9.20 Å². The van der Waals surface area contributed by atoms with Crippen molar-refractivity contribution in [3.63, 3.8) is 0 Å². The Labute approximate surface area is 164 Å². The van der Waals surface area contributed by atoms with Crippen molar-refractivity contribution < 1.29 is 14.3 Å². The van der Waals surface area contributed by atoms with Gasteiger partial charge in [0, 0.05) is 6.61 Å². The van der Waals surface area contributed by atoms with E-state index in [-0.39, 0.29) is 17.4 Å². The van der Waals surface area contributed by atoms with Gasteiger partial charge in [0.15, 0.2) is 17.0 Å². The number of ether oxygens (including phenoxy) is 2. The summed E-state index contributed by atoms with van der Waals surface area (Å²) in [6, 6.07) is 7.65. The van der Waals surface area contributed by atoms with Gasteiger partial charge in [-0.05, 0) is 25.0 Å². The van der Waals surface area contributed by atoms with Gasteiger partial charge in [-0.15, -0.1) is 5.10 Å². The minimum absolute atomic E-state index is 0.00206. The third-order valence-corrected chi connectivity index (χ3v) is 5.14. The van der Waals surface area contributed by atoms with Crippen LogP contribution in [0.5, 0.6) is 0 Å². The fourth-order valence-electron chi connectivity index (χ4n) is 3.76. The molecule has 3 aromatic heterocycles. The third-order valence-electron chi connectivity index (χ3n) is 5.14. The van der Waals surface area contributed by atoms with Crippen LogP contribution >= 0.6 is 0 Å². The fourth-order valence-corrected chi connectivity index (χ4v) is 3.76. The van der Waals surface area contributed by atoms with E-state index >= 15 is 0 Å². The van der Waals surface area contributed by atoms with E-state index in [1.54, 1.807) is 15.3 Å². The summed E-state index contributed by atoms with van der Waals surface area (Å²) in [5, 5.41) is 7.76. The second-order valence-corrected chi connectivity index (χ2v) is 6.87. The summed E-state index contributed by atoms with van der Waals surface area (Å²) in [5.74, 6) is -0.314. The number of fused-ring (bicyclic) bond motifs is 3. The molecule has 1 aliphatic heterocycles. The van der Waals surface area contributed by atoms with Gasteiger partial charge >= 0.3 is 5.97 Å². The summed E-state index contributed by atoms with van der Waals surface area (Å²) in [5.41, 5.74) is 1.82. The molecule has 148 valence electrons. The Morgan fingerprint density at radius 2 is 2.14 bits per heavy atom. The molecule has 10 heteroatoms. The van der Waals surface area contributed by atoms with E-state index in [9.17, 15) is 9.59 Å². The van der Waals surface area contributed by atoms with E-state index in [1.165, 1.54) is 18.0 Å². The van der Waals surface area contributed by atoms with Crippen molar-refractivity contribution in [1.29, 1.82) is 0 Å². The minimum atomic E-state index is -0.610. The molecule has 0 N–H and O–H groups in total. The van der Waals surface area contributed by atoms with Crippen molar-refractivity contribution in [2.24, 2.45) is 0 Å². The number of hydrogen-bond donors (Lipinski definition) is 0. The first kappa shape index (κ1) is 17.6. The van der Waals surface area contributed by atoms with Crippen molar-refractivity contribution in [3.05, 3.63) is 52.8 Å². The maximum absolute atomic E-state index is 13.5. The number of benzene rings is 1. The molecule has 1 fully saturated rings. The van der Waals surface area contributed by atoms with Gasteiger partial charge < -0.3 is 14.0 Å². The van der Waals surface area contributed by atoms with Gasteiger partial charge in [0.2, 0.25) is 0 Å². The SMILES string of the molecule is COC(=O)c1cn(-c2ncn3c2c(=O)n(CC2CCCO2)c2ccccc23)nn1. The Balaban J connectivity index is 1.73. The fraction of sp³-hybridized carbons (Fsp3) is 0.316. The summed E-state index contributed by atoms with van der Waals surface area (Å²) in [4.78, 5) is 29.6. The van der Waals surface area contributed by atoms with E-state index in [2.05, 4.69) is 20.0 Å². The molecule has 5 rings (SSSR count). The van der Waals surface area contributed by atoms with Crippen molar-refractivity contribution in [1.82, 2.24) is 28.9 Å². The normalized spacial score (nSPS) is 16.7. The number of nitrogens with zero attached hydrogens (tertiary/aromatic N) is 6. The molecule has 1 aromatic carbocycles. The topological polar surface area (TPSA) is 106 Å². The molecule has 4 aromatic rings. The van der Waals surface area contributed by atoms with E-state index in [4.69, 9.17) is 4.74 Å². The van der Waals surface area contributed by atoms with E-state index in [1.807, 2.05) is 24.3 Å². The summed E-state index contributed by atoms with van der Waals surface area (Å²) < 4.78 is 15.2. The average molecular weight is 394 g/mol. The summed E-state index contributed by atoms with van der Waals surface area (Å²) >= 11 is 0. The molecule has 1 unspecified atom stereocenters. The Kier molecular flexibility index (Phi) is 4.13. The lowest BCUT2D eigenvalue weighted by molar-refractivity contribution is 0.0594. The van der Waals surface area contributed by atoms with Crippen LogP contribution in [0.1, 0.15) is 23.3 Å². The predicted molar refractivity (Wildman–Crippen MR) is 102 cm³/mol. The van der Waals surface area contributed by atoms with Crippen molar-refractivity contribution >= 4 is 22.5 Å². The lowest BCUT2D eigenvalue weighted by Crippen LogP contribution is -2.28. The second kappa shape index (κ2) is 6.82. The van der Waals surface area contributed by atoms with E-state index in [0.29, 0.717) is 24.5 Å². The zero-order valence-corrected chi connectivity index (χ0v) is 15.7. The van der Waals surface area contributed by atoms with E-state index < -0.39 is 5.97 Å². The van der Waals surface area contributed by atoms with Crippen LogP contribution in [0, 0.1) is 0 Å². The Bertz CT molecular complexity index is 1280. The highest BCUT2D eigenvalue weighted by atomic mass is 16.5. The summed E-state index contributed by atoms with van der Waals surface area (Å²) in [7, 11) is 1.27. The third kappa shape index (κ3) is 2.80. The van der Waals surface area contributed by atoms with Crippen LogP contribution in [0.25, 0.3) is 22.4 Å². The first-order valence-electron chi connectivity index (χ1n) is 9.28. The van der Waals surface area contributed by atoms with Crippen LogP contribution in [-0.4, -0.2) is 54.7 Å². The van der Waals surface area contributed by atoms with Gasteiger partial charge in [-0.1, -0.05) is 17.3 Å². The molecule has 0 bridgehead atoms. The first-order valence-corrected chi connectivity index (χ1v) is 9.28. The van der Waals surface area contributed by atoms with Gasteiger partial charge in [-0.2, -0.15) is 4.68 Å². The van der Waals surface area contributed by atoms with Crippen molar-refractivity contribution in [2.45, 2.75) is 25.5 Å². The molecule has 0 aliphatic carbocycles. The average Bonchev–Trinajstić information content (AvgIpc) is 3.50. The number of carbonyl (C=O) groups excluding carboxylic acids is 1. The monoisotopic (exact) mass is 394 g/mol. The maximum Gasteiger partial charge on any atom is 0.360 e. The molecular weight excluding hydrogens is 376 g/mol. The number of para-hydroxylation sites is 2. The van der Waals surface area contributed by atoms with Crippen LogP contribution in [0.15, 0.2) is 41.6 Å². The molecule has 4 heterocycles. The van der Waals surface area contributed by atoms with Crippen LogP contribution < -0.4 is 5.56 Å². The molecule has 0 saturated carbocycles. The molecule has 29 heavy (non-hydrogen) atoms. The quantitative estimate of drug-likeness (QED) is 0.479. The Morgan fingerprint density at radius 3 is 2.90 bits per heavy atom.